The first-order valence-electron chi connectivity index (χ1n) is 51.4. The van der Waals surface area contributed by atoms with Crippen LogP contribution in [0.4, 0.5) is 39.5 Å². The molecule has 0 heterocycles. The summed E-state index contributed by atoms with van der Waals surface area (Å²) in [6, 6.07) is 60.2. The molecule has 0 saturated carbocycles. The summed E-state index contributed by atoms with van der Waals surface area (Å²) in [5.74, 6) is 11.1. The summed E-state index contributed by atoms with van der Waals surface area (Å²) in [6.07, 6.45) is 3.23. The van der Waals surface area contributed by atoms with Crippen LogP contribution in [0.3, 0.4) is 0 Å². The molecule has 9 aromatic rings. The second-order valence-electron chi connectivity index (χ2n) is 43.1. The molecule has 4 aliphatic carbocycles. The van der Waals surface area contributed by atoms with Gasteiger partial charge < -0.3 is 0 Å². The van der Waals surface area contributed by atoms with Crippen molar-refractivity contribution >= 4 is 34.8 Å². The number of alkyl halides is 7. The number of carbonyl (C=O) groups excluding carboxylic acids is 2. The summed E-state index contributed by atoms with van der Waals surface area (Å²) < 4.78 is 105. The van der Waals surface area contributed by atoms with E-state index in [-0.39, 0.29) is 58.7 Å². The Kier molecular flexibility index (Phi) is 62.6. The molecule has 4 unspecified atom stereocenters. The van der Waals surface area contributed by atoms with Crippen molar-refractivity contribution in [3.8, 4) is 0 Å². The van der Waals surface area contributed by atoms with Gasteiger partial charge in [-0.05, 0) is 286 Å². The zero-order chi connectivity index (χ0) is 108. The topological polar surface area (TPSA) is 43.4 Å². The van der Waals surface area contributed by atoms with Crippen molar-refractivity contribution in [2.45, 2.75) is 377 Å². The third-order valence-corrected chi connectivity index (χ3v) is 27.0. The van der Waals surface area contributed by atoms with Crippen molar-refractivity contribution in [2.75, 3.05) is 35.0 Å². The Morgan fingerprint density at radius 1 is 0.271 bits per heavy atom. The first-order chi connectivity index (χ1) is 65.4. The molecule has 140 heavy (non-hydrogen) atoms. The first-order valence-corrected chi connectivity index (χ1v) is 52.5. The number of ether oxygens (including phenoxy) is 1. The van der Waals surface area contributed by atoms with E-state index >= 15 is 0 Å². The normalized spacial score (nSPS) is 14.6. The van der Waals surface area contributed by atoms with Crippen LogP contribution in [0.5, 0.6) is 0 Å². The zero-order valence-electron chi connectivity index (χ0n) is 94.0. The summed E-state index contributed by atoms with van der Waals surface area (Å²) in [6.45, 7) is 77.9. The number of benzene rings is 9. The Bertz CT molecular complexity index is 4690. The number of rotatable bonds is 18. The molecule has 14 heteroatoms. The average Bonchev–Trinajstić information content (AvgIpc) is 1.60. The summed E-state index contributed by atoms with van der Waals surface area (Å²) in [4.78, 5) is 24.4. The molecule has 0 bridgehead atoms. The number of methoxy groups -OCH3 is 1. The fraction of sp³-hybridized carbons (Fsp3) is 0.556. The molecule has 784 valence electrons. The maximum atomic E-state index is 14.3. The van der Waals surface area contributed by atoms with Crippen molar-refractivity contribution in [3.05, 3.63) is 315 Å². The number of carbonyl (C=O) groups is 2. The van der Waals surface area contributed by atoms with E-state index in [9.17, 15) is 49.1 Å². The van der Waals surface area contributed by atoms with Gasteiger partial charge in [0, 0.05) is 35.9 Å². The van der Waals surface area contributed by atoms with Crippen LogP contribution in [0.15, 0.2) is 170 Å². The second-order valence-corrected chi connectivity index (χ2v) is 43.5. The lowest BCUT2D eigenvalue weighted by Crippen LogP contribution is -2.16. The highest BCUT2D eigenvalue weighted by atomic mass is 35.5. The van der Waals surface area contributed by atoms with Gasteiger partial charge in [0.2, 0.25) is 0 Å². The van der Waals surface area contributed by atoms with E-state index in [1.165, 1.54) is 86.0 Å². The van der Waals surface area contributed by atoms with Crippen molar-refractivity contribution in [1.82, 2.24) is 0 Å². The third kappa shape index (κ3) is 43.6. The van der Waals surface area contributed by atoms with Gasteiger partial charge >= 0.3 is 6.36 Å². The SMILES string of the molecule is CC(C)c1ccc(C(C)C)c(Cl)c1.CC(C)c1ccc(C(C)C)c(F)c1.CC(C)c1ccc(C(C)C)cc1.CC(C)c1ccc(C(C)C)cc1.CC(C)c1ccc(C(C)C)cc1.CC(C)c1ccc2c(c1)C(=O)C(C(C)C)C2.CC(C)c1ccc2c(c1)CC(C(C)C)C2.CC(C)c1ccc2c(c1F)C(=O)C(C(C)C)C2.CC(C)c1ccc2c(c1F)CC(C(C)C)C2.CCl.CF.CF.CF.COC(F)(F)F. The first kappa shape index (κ1) is 132. The van der Waals surface area contributed by atoms with Gasteiger partial charge in [-0.15, -0.1) is 24.8 Å². The molecule has 3 nitrogen and oxygen atoms in total. The Morgan fingerprint density at radius 3 is 0.850 bits per heavy atom. The molecule has 0 amide bonds. The molecule has 0 N–H and O–H groups in total. The molecule has 0 radical (unpaired) electrons. The van der Waals surface area contributed by atoms with Crippen molar-refractivity contribution < 1.29 is 53.8 Å². The van der Waals surface area contributed by atoms with E-state index in [0.717, 1.165) is 69.5 Å². The molecule has 0 spiro atoms. The quantitative estimate of drug-likeness (QED) is 0.0635. The molecule has 4 atom stereocenters. The van der Waals surface area contributed by atoms with Gasteiger partial charge in [-0.25, -0.2) is 13.2 Å². The highest BCUT2D eigenvalue weighted by Gasteiger charge is 2.37. The number of fused-ring (bicyclic) bond motifs is 4. The average molecular weight is 1990 g/mol. The predicted octanol–water partition coefficient (Wildman–Crippen LogP) is 40.5. The van der Waals surface area contributed by atoms with Crippen LogP contribution >= 0.6 is 23.2 Å². The molecular formula is C126H185Cl2F9O3. The van der Waals surface area contributed by atoms with Crippen LogP contribution in [-0.2, 0) is 43.3 Å². The Labute approximate surface area is 857 Å². The standard InChI is InChI=1S/C15H19FO.C15H21F.C15H20O.C15H22.C12H17Cl.C12H17F.3C12H18.C2H3F3O.CH3Cl.3CH3F/c1-8(2)11-6-5-10-7-12(9(3)4)15(17)13(10)14(11)16;1-9(2)12-7-11-5-6-13(10(3)4)15(16)14(11)8-12;1-9(2)11-5-6-12-8-13(10(3)4)15(16)14(12)7-11;1-10(2)12-5-6-13-8-14(11(3)4)9-15(13)7-12;2*1-8(2)10-5-6-11(9(3)4)12(13)7-10;3*1-9(2)11-5-7-12(8-6-11)10(3)4;1-6-2(3,4)5;4*1-2/h5-6,8-9,12H,7H2,1-4H3;5-6,9-10,12H,7-8H2,1-4H3;5-7,9-10,13H,8H2,1-4H3;5-7,10-11,14H,8-9H2,1-4H3;2*5-9H,1-4H3;3*5-10H,1-4H3;1H3;4*1H3. The highest BCUT2D eigenvalue weighted by molar-refractivity contribution is 6.31. The fourth-order valence-corrected chi connectivity index (χ4v) is 17.1. The molecule has 4 aliphatic rings. The summed E-state index contributed by atoms with van der Waals surface area (Å²) in [5.41, 5.74) is 26.2. The lowest BCUT2D eigenvalue weighted by atomic mass is 9.92. The summed E-state index contributed by atoms with van der Waals surface area (Å²) >= 11 is 10.8. The van der Waals surface area contributed by atoms with Gasteiger partial charge in [-0.2, -0.15) is 0 Å². The molecule has 0 aromatic heterocycles. The van der Waals surface area contributed by atoms with Crippen LogP contribution in [0.1, 0.15) is 464 Å². The van der Waals surface area contributed by atoms with Crippen molar-refractivity contribution in [1.29, 1.82) is 0 Å². The van der Waals surface area contributed by atoms with Gasteiger partial charge in [0.25, 0.3) is 0 Å². The Balaban J connectivity index is 0.00000153. The fourth-order valence-electron chi connectivity index (χ4n) is 16.7. The van der Waals surface area contributed by atoms with Crippen molar-refractivity contribution in [2.24, 2.45) is 47.3 Å². The van der Waals surface area contributed by atoms with Gasteiger partial charge in [0.1, 0.15) is 17.5 Å². The van der Waals surface area contributed by atoms with Gasteiger partial charge in [0.15, 0.2) is 11.6 Å². The Hall–Kier alpha value is -7.77. The highest BCUT2D eigenvalue weighted by Crippen LogP contribution is 2.41. The number of Topliss-reactive ketones (excluding diaryl/α,β-unsaturated/α-hetero) is 2. The molecule has 0 aliphatic heterocycles. The number of ketones is 2. The molecule has 0 fully saturated rings. The molecular weight excluding hydrogens is 1800 g/mol. The maximum Gasteiger partial charge on any atom is 0.522 e. The number of hydrogen-bond donors (Lipinski definition) is 0. The van der Waals surface area contributed by atoms with E-state index in [1.54, 1.807) is 17.2 Å². The Morgan fingerprint density at radius 2 is 0.529 bits per heavy atom. The van der Waals surface area contributed by atoms with E-state index in [1.807, 2.05) is 71.9 Å². The van der Waals surface area contributed by atoms with E-state index in [0.29, 0.717) is 135 Å². The van der Waals surface area contributed by atoms with Crippen molar-refractivity contribution in [3.63, 3.8) is 0 Å². The van der Waals surface area contributed by atoms with E-state index < -0.39 is 6.36 Å². The second kappa shape index (κ2) is 66.3. The number of halogens is 11. The van der Waals surface area contributed by atoms with Gasteiger partial charge in [0.05, 0.1) is 27.1 Å². The van der Waals surface area contributed by atoms with Crippen LogP contribution < -0.4 is 0 Å². The molecule has 9 aromatic carbocycles. The minimum Gasteiger partial charge on any atom is -0.295 e. The maximum absolute atomic E-state index is 14.3. The van der Waals surface area contributed by atoms with Crippen LogP contribution in [0.25, 0.3) is 0 Å². The monoisotopic (exact) mass is 1990 g/mol. The summed E-state index contributed by atoms with van der Waals surface area (Å²) in [5, 5.41) is 0.904. The summed E-state index contributed by atoms with van der Waals surface area (Å²) in [7, 11) is 2.08. The van der Waals surface area contributed by atoms with Crippen LogP contribution in [-0.4, -0.2) is 53.0 Å². The van der Waals surface area contributed by atoms with Gasteiger partial charge in [-0.1, -0.05) is 413 Å². The lowest BCUT2D eigenvalue weighted by molar-refractivity contribution is -0.311. The van der Waals surface area contributed by atoms with Gasteiger partial charge in [-0.3, -0.25) is 27.5 Å². The lowest BCUT2D eigenvalue weighted by Gasteiger charge is -2.12. The zero-order valence-corrected chi connectivity index (χ0v) is 95.5. The van der Waals surface area contributed by atoms with Crippen LogP contribution in [0.2, 0.25) is 5.02 Å². The van der Waals surface area contributed by atoms with Crippen LogP contribution in [0, 0.1) is 64.8 Å². The molecule has 13 rings (SSSR count). The third-order valence-electron chi connectivity index (χ3n) is 26.7. The van der Waals surface area contributed by atoms with E-state index in [4.69, 9.17) is 11.6 Å². The minimum absolute atomic E-state index is 0.00463. The number of hydrogen-bond acceptors (Lipinski definition) is 3. The minimum atomic E-state index is -4.46. The molecule has 0 saturated heterocycles. The largest absolute Gasteiger partial charge is 0.522 e. The smallest absolute Gasteiger partial charge is 0.295 e. The predicted molar refractivity (Wildman–Crippen MR) is 590 cm³/mol. The van der Waals surface area contributed by atoms with E-state index in [2.05, 4.69) is 358 Å².